The molecule has 1 rings (SSSR count). The molecule has 19 heavy (non-hydrogen) atoms. The summed E-state index contributed by atoms with van der Waals surface area (Å²) in [5.74, 6) is -1.31. The van der Waals surface area contributed by atoms with Crippen LogP contribution >= 0.6 is 15.9 Å². The molecule has 0 heterocycles. The van der Waals surface area contributed by atoms with Crippen LogP contribution in [0.5, 0.6) is 0 Å². The third-order valence-electron chi connectivity index (χ3n) is 2.89. The van der Waals surface area contributed by atoms with Gasteiger partial charge in [0.25, 0.3) is 5.91 Å². The number of hydrogen-bond donors (Lipinski definition) is 2. The summed E-state index contributed by atoms with van der Waals surface area (Å²) in [6.45, 7) is 4.08. The van der Waals surface area contributed by atoms with Gasteiger partial charge < -0.3 is 10.4 Å². The van der Waals surface area contributed by atoms with Gasteiger partial charge in [0.05, 0.1) is 11.5 Å². The number of halogens is 1. The first-order chi connectivity index (χ1) is 8.91. The molecule has 104 valence electrons. The highest BCUT2D eigenvalue weighted by Gasteiger charge is 2.12. The second-order valence-electron chi connectivity index (χ2n) is 4.62. The average molecular weight is 328 g/mol. The fourth-order valence-corrected chi connectivity index (χ4v) is 2.07. The Hall–Kier alpha value is -1.36. The van der Waals surface area contributed by atoms with Gasteiger partial charge in [0.1, 0.15) is 0 Å². The molecule has 1 aromatic rings. The lowest BCUT2D eigenvalue weighted by Crippen LogP contribution is -2.25. The minimum Gasteiger partial charge on any atom is -0.481 e. The van der Waals surface area contributed by atoms with E-state index in [0.717, 1.165) is 10.0 Å². The summed E-state index contributed by atoms with van der Waals surface area (Å²) in [5, 5.41) is 11.5. The van der Waals surface area contributed by atoms with Crippen LogP contribution in [0.15, 0.2) is 22.7 Å². The minimum absolute atomic E-state index is 0.140. The van der Waals surface area contributed by atoms with Crippen molar-refractivity contribution in [2.24, 2.45) is 5.92 Å². The zero-order valence-electron chi connectivity index (χ0n) is 11.1. The maximum Gasteiger partial charge on any atom is 0.306 e. The fourth-order valence-electron chi connectivity index (χ4n) is 1.64. The Morgan fingerprint density at radius 2 is 2.11 bits per heavy atom. The predicted molar refractivity (Wildman–Crippen MR) is 77.2 cm³/mol. The van der Waals surface area contributed by atoms with E-state index in [2.05, 4.69) is 21.2 Å². The molecule has 1 aromatic carbocycles. The Bertz CT molecular complexity index is 474. The average Bonchev–Trinajstić information content (AvgIpc) is 2.36. The van der Waals surface area contributed by atoms with Crippen LogP contribution in [0.1, 0.15) is 35.7 Å². The van der Waals surface area contributed by atoms with Crippen molar-refractivity contribution in [3.05, 3.63) is 33.8 Å². The molecule has 5 heteroatoms. The molecular formula is C14H18BrNO3. The maximum absolute atomic E-state index is 11.9. The molecule has 2 N–H and O–H groups in total. The Morgan fingerprint density at radius 1 is 1.42 bits per heavy atom. The minimum atomic E-state index is -0.798. The molecule has 1 atom stereocenters. The first-order valence-corrected chi connectivity index (χ1v) is 6.98. The number of nitrogens with one attached hydrogen (secondary N) is 1. The Balaban J connectivity index is 2.43. The number of amides is 1. The van der Waals surface area contributed by atoms with Gasteiger partial charge in [-0.15, -0.1) is 0 Å². The lowest BCUT2D eigenvalue weighted by Gasteiger charge is -2.09. The van der Waals surface area contributed by atoms with Crippen molar-refractivity contribution in [2.75, 3.05) is 6.54 Å². The fraction of sp³-hybridized carbons (Fsp3) is 0.429. The molecule has 0 saturated heterocycles. The normalized spacial score (nSPS) is 11.9. The molecule has 0 saturated carbocycles. The number of benzene rings is 1. The van der Waals surface area contributed by atoms with Crippen LogP contribution in [0.2, 0.25) is 0 Å². The van der Waals surface area contributed by atoms with Crippen molar-refractivity contribution in [2.45, 2.75) is 26.7 Å². The number of carbonyl (C=O) groups excluding carboxylic acids is 1. The molecule has 0 radical (unpaired) electrons. The van der Waals surface area contributed by atoms with E-state index >= 15 is 0 Å². The van der Waals surface area contributed by atoms with Crippen molar-refractivity contribution >= 4 is 27.8 Å². The molecule has 0 fully saturated rings. The first-order valence-electron chi connectivity index (χ1n) is 6.19. The highest BCUT2D eigenvalue weighted by atomic mass is 79.9. The highest BCUT2D eigenvalue weighted by Crippen LogP contribution is 2.18. The second-order valence-corrected chi connectivity index (χ2v) is 5.48. The Morgan fingerprint density at radius 3 is 2.74 bits per heavy atom. The molecule has 0 aliphatic heterocycles. The van der Waals surface area contributed by atoms with Gasteiger partial charge in [0.15, 0.2) is 0 Å². The second kappa shape index (κ2) is 7.28. The van der Waals surface area contributed by atoms with Crippen molar-refractivity contribution in [3.8, 4) is 0 Å². The summed E-state index contributed by atoms with van der Waals surface area (Å²) >= 11 is 3.34. The Labute approximate surface area is 121 Å². The molecule has 4 nitrogen and oxygen atoms in total. The van der Waals surface area contributed by atoms with Crippen LogP contribution < -0.4 is 5.32 Å². The summed E-state index contributed by atoms with van der Waals surface area (Å²) < 4.78 is 0.759. The van der Waals surface area contributed by atoms with E-state index in [9.17, 15) is 9.59 Å². The molecule has 1 amide bonds. The van der Waals surface area contributed by atoms with E-state index in [0.29, 0.717) is 24.9 Å². The van der Waals surface area contributed by atoms with Crippen LogP contribution in [-0.2, 0) is 4.79 Å². The molecule has 0 aliphatic carbocycles. The van der Waals surface area contributed by atoms with Gasteiger partial charge in [-0.3, -0.25) is 9.59 Å². The summed E-state index contributed by atoms with van der Waals surface area (Å²) in [7, 11) is 0. The molecule has 0 aromatic heterocycles. The summed E-state index contributed by atoms with van der Waals surface area (Å²) in [5.41, 5.74) is 1.62. The summed E-state index contributed by atoms with van der Waals surface area (Å²) in [4.78, 5) is 22.6. The zero-order valence-corrected chi connectivity index (χ0v) is 12.7. The van der Waals surface area contributed by atoms with Crippen LogP contribution in [0.3, 0.4) is 0 Å². The van der Waals surface area contributed by atoms with Crippen LogP contribution in [0.4, 0.5) is 0 Å². The number of hydrogen-bond acceptors (Lipinski definition) is 2. The largest absolute Gasteiger partial charge is 0.481 e. The van der Waals surface area contributed by atoms with Gasteiger partial charge in [0, 0.05) is 11.0 Å². The summed E-state index contributed by atoms with van der Waals surface area (Å²) in [6.07, 6.45) is 1.22. The van der Waals surface area contributed by atoms with Crippen molar-refractivity contribution in [1.82, 2.24) is 5.32 Å². The SMILES string of the molecule is Cc1ccc(Br)c(C(=O)NCCCC(C)C(=O)O)c1. The number of carbonyl (C=O) groups is 2. The van der Waals surface area contributed by atoms with E-state index in [4.69, 9.17) is 5.11 Å². The zero-order chi connectivity index (χ0) is 14.4. The van der Waals surface area contributed by atoms with E-state index in [-0.39, 0.29) is 11.8 Å². The number of carboxylic acid groups (broad SMARTS) is 1. The van der Waals surface area contributed by atoms with Crippen LogP contribution in [0, 0.1) is 12.8 Å². The topological polar surface area (TPSA) is 66.4 Å². The molecule has 0 aliphatic rings. The third kappa shape index (κ3) is 5.03. The molecule has 0 spiro atoms. The first kappa shape index (κ1) is 15.7. The van der Waals surface area contributed by atoms with Crippen LogP contribution in [-0.4, -0.2) is 23.5 Å². The standard InChI is InChI=1S/C14H18BrNO3/c1-9-5-6-12(15)11(8-9)13(17)16-7-3-4-10(2)14(18)19/h5-6,8,10H,3-4,7H2,1-2H3,(H,16,17)(H,18,19). The summed E-state index contributed by atoms with van der Waals surface area (Å²) in [6, 6.07) is 5.59. The van der Waals surface area contributed by atoms with E-state index < -0.39 is 5.97 Å². The smallest absolute Gasteiger partial charge is 0.306 e. The van der Waals surface area contributed by atoms with E-state index in [1.54, 1.807) is 6.92 Å². The van der Waals surface area contributed by atoms with Crippen molar-refractivity contribution in [1.29, 1.82) is 0 Å². The predicted octanol–water partition coefficient (Wildman–Crippen LogP) is 2.99. The van der Waals surface area contributed by atoms with Gasteiger partial charge in [-0.1, -0.05) is 18.6 Å². The molecule has 1 unspecified atom stereocenters. The molecular weight excluding hydrogens is 310 g/mol. The van der Waals surface area contributed by atoms with Crippen molar-refractivity contribution < 1.29 is 14.7 Å². The number of carboxylic acids is 1. The Kier molecular flexibility index (Phi) is 6.02. The van der Waals surface area contributed by atoms with Gasteiger partial charge in [-0.2, -0.15) is 0 Å². The van der Waals surface area contributed by atoms with E-state index in [1.165, 1.54) is 0 Å². The lowest BCUT2D eigenvalue weighted by atomic mass is 10.1. The monoisotopic (exact) mass is 327 g/mol. The number of aliphatic carboxylic acids is 1. The molecule has 0 bridgehead atoms. The van der Waals surface area contributed by atoms with Gasteiger partial charge >= 0.3 is 5.97 Å². The van der Waals surface area contributed by atoms with Gasteiger partial charge in [-0.25, -0.2) is 0 Å². The lowest BCUT2D eigenvalue weighted by molar-refractivity contribution is -0.141. The van der Waals surface area contributed by atoms with Crippen LogP contribution in [0.25, 0.3) is 0 Å². The third-order valence-corrected chi connectivity index (χ3v) is 3.58. The maximum atomic E-state index is 11.9. The van der Waals surface area contributed by atoms with Gasteiger partial charge in [0.2, 0.25) is 0 Å². The van der Waals surface area contributed by atoms with Crippen molar-refractivity contribution in [3.63, 3.8) is 0 Å². The van der Waals surface area contributed by atoms with E-state index in [1.807, 2.05) is 25.1 Å². The van der Waals surface area contributed by atoms with Gasteiger partial charge in [-0.05, 0) is 47.8 Å². The quantitative estimate of drug-likeness (QED) is 0.789. The highest BCUT2D eigenvalue weighted by molar-refractivity contribution is 9.10. The number of rotatable bonds is 6. The number of aryl methyl sites for hydroxylation is 1.